The maximum atomic E-state index is 4.40. The summed E-state index contributed by atoms with van der Waals surface area (Å²) < 4.78 is 1.77. The zero-order chi connectivity index (χ0) is 14.2. The lowest BCUT2D eigenvalue weighted by Gasteiger charge is -2.26. The first-order chi connectivity index (χ1) is 10.3. The molecular formula is C15H15N5S. The number of benzene rings is 1. The smallest absolute Gasteiger partial charge is 0.163 e. The van der Waals surface area contributed by atoms with Gasteiger partial charge in [0.15, 0.2) is 5.65 Å². The molecule has 6 heteroatoms. The van der Waals surface area contributed by atoms with Gasteiger partial charge in [-0.2, -0.15) is 5.10 Å². The number of nitrogens with one attached hydrogen (secondary N) is 1. The molecule has 0 spiro atoms. The van der Waals surface area contributed by atoms with Gasteiger partial charge in [-0.1, -0.05) is 18.2 Å². The molecule has 3 aromatic rings. The second kappa shape index (κ2) is 5.04. The topological polar surface area (TPSA) is 55.6 Å². The monoisotopic (exact) mass is 297 g/mol. The number of aryl methyl sites for hydroxylation is 1. The van der Waals surface area contributed by atoms with E-state index in [4.69, 9.17) is 0 Å². The molecule has 1 aliphatic rings. The van der Waals surface area contributed by atoms with Crippen LogP contribution in [0.2, 0.25) is 0 Å². The summed E-state index contributed by atoms with van der Waals surface area (Å²) in [5.74, 6) is 1.98. The Hall–Kier alpha value is -2.08. The predicted molar refractivity (Wildman–Crippen MR) is 84.5 cm³/mol. The van der Waals surface area contributed by atoms with Gasteiger partial charge in [0.2, 0.25) is 0 Å². The molecule has 0 fully saturated rings. The standard InChI is InChI=1S/C15H15N5S/c1-20-15-11(8-18-20)14(16-9-17-15)19-12-6-7-21-13-5-3-2-4-10(12)13/h2-5,8-9,12H,6-7H2,1H3,(H,16,17,19)/t12-/m0/s1. The third kappa shape index (κ3) is 2.15. The van der Waals surface area contributed by atoms with Crippen LogP contribution < -0.4 is 5.32 Å². The van der Waals surface area contributed by atoms with Gasteiger partial charge in [-0.25, -0.2) is 9.97 Å². The highest BCUT2D eigenvalue weighted by molar-refractivity contribution is 7.99. The normalized spacial score (nSPS) is 17.7. The van der Waals surface area contributed by atoms with Gasteiger partial charge >= 0.3 is 0 Å². The summed E-state index contributed by atoms with van der Waals surface area (Å²) >= 11 is 1.92. The van der Waals surface area contributed by atoms with Crippen molar-refractivity contribution in [2.45, 2.75) is 17.4 Å². The van der Waals surface area contributed by atoms with Gasteiger partial charge in [-0.3, -0.25) is 4.68 Å². The molecule has 1 aliphatic heterocycles. The molecule has 1 N–H and O–H groups in total. The van der Waals surface area contributed by atoms with Gasteiger partial charge in [-0.15, -0.1) is 11.8 Å². The lowest BCUT2D eigenvalue weighted by Crippen LogP contribution is -2.16. The molecular weight excluding hydrogens is 282 g/mol. The predicted octanol–water partition coefficient (Wildman–Crippen LogP) is 3.01. The number of fused-ring (bicyclic) bond motifs is 2. The number of nitrogens with zero attached hydrogens (tertiary/aromatic N) is 4. The summed E-state index contributed by atoms with van der Waals surface area (Å²) in [5.41, 5.74) is 2.20. The Morgan fingerprint density at radius 2 is 2.19 bits per heavy atom. The number of hydrogen-bond acceptors (Lipinski definition) is 5. The fraction of sp³-hybridized carbons (Fsp3) is 0.267. The summed E-state index contributed by atoms with van der Waals surface area (Å²) in [5, 5.41) is 8.81. The van der Waals surface area contributed by atoms with Crippen LogP contribution in [0.1, 0.15) is 18.0 Å². The summed E-state index contributed by atoms with van der Waals surface area (Å²) in [4.78, 5) is 10.0. The number of hydrogen-bond donors (Lipinski definition) is 1. The average molecular weight is 297 g/mol. The molecule has 0 saturated heterocycles. The number of rotatable bonds is 2. The number of thioether (sulfide) groups is 1. The molecule has 21 heavy (non-hydrogen) atoms. The van der Waals surface area contributed by atoms with Crippen molar-refractivity contribution >= 4 is 28.6 Å². The van der Waals surface area contributed by atoms with Crippen molar-refractivity contribution in [3.05, 3.63) is 42.4 Å². The van der Waals surface area contributed by atoms with Crippen molar-refractivity contribution in [2.75, 3.05) is 11.1 Å². The Morgan fingerprint density at radius 1 is 1.29 bits per heavy atom. The quantitative estimate of drug-likeness (QED) is 0.788. The van der Waals surface area contributed by atoms with Crippen molar-refractivity contribution in [3.8, 4) is 0 Å². The van der Waals surface area contributed by atoms with Crippen molar-refractivity contribution in [2.24, 2.45) is 7.05 Å². The first kappa shape index (κ1) is 12.6. The zero-order valence-electron chi connectivity index (χ0n) is 11.7. The Kier molecular flexibility index (Phi) is 3.03. The first-order valence-corrected chi connectivity index (χ1v) is 7.92. The molecule has 0 aliphatic carbocycles. The molecule has 2 aromatic heterocycles. The maximum Gasteiger partial charge on any atom is 0.163 e. The maximum absolute atomic E-state index is 4.40. The molecule has 0 saturated carbocycles. The minimum absolute atomic E-state index is 0.292. The van der Waals surface area contributed by atoms with E-state index in [0.29, 0.717) is 6.04 Å². The molecule has 1 aromatic carbocycles. The molecule has 5 nitrogen and oxygen atoms in total. The molecule has 1 atom stereocenters. The Bertz CT molecular complexity index is 798. The molecule has 3 heterocycles. The summed E-state index contributed by atoms with van der Waals surface area (Å²) in [6.07, 6.45) is 4.50. The first-order valence-electron chi connectivity index (χ1n) is 6.94. The van der Waals surface area contributed by atoms with Crippen LogP contribution in [0.15, 0.2) is 41.7 Å². The van der Waals surface area contributed by atoms with Crippen LogP contribution in [0.4, 0.5) is 5.82 Å². The van der Waals surface area contributed by atoms with Crippen LogP contribution in [0, 0.1) is 0 Å². The zero-order valence-corrected chi connectivity index (χ0v) is 12.5. The largest absolute Gasteiger partial charge is 0.362 e. The molecule has 106 valence electrons. The van der Waals surface area contributed by atoms with E-state index in [1.807, 2.05) is 25.0 Å². The van der Waals surface area contributed by atoms with Crippen molar-refractivity contribution < 1.29 is 0 Å². The number of aromatic nitrogens is 4. The van der Waals surface area contributed by atoms with E-state index in [9.17, 15) is 0 Å². The van der Waals surface area contributed by atoms with E-state index in [-0.39, 0.29) is 0 Å². The Balaban J connectivity index is 1.73. The van der Waals surface area contributed by atoms with Gasteiger partial charge in [0.05, 0.1) is 17.6 Å². The molecule has 0 unspecified atom stereocenters. The highest BCUT2D eigenvalue weighted by atomic mass is 32.2. The fourth-order valence-corrected chi connectivity index (χ4v) is 3.86. The highest BCUT2D eigenvalue weighted by Crippen LogP contribution is 2.38. The van der Waals surface area contributed by atoms with Gasteiger partial charge < -0.3 is 5.32 Å². The highest BCUT2D eigenvalue weighted by Gasteiger charge is 2.21. The molecule has 0 radical (unpaired) electrons. The van der Waals surface area contributed by atoms with Crippen LogP contribution in [-0.2, 0) is 7.05 Å². The molecule has 4 rings (SSSR count). The van der Waals surface area contributed by atoms with E-state index < -0.39 is 0 Å². The summed E-state index contributed by atoms with van der Waals surface area (Å²) in [7, 11) is 1.89. The summed E-state index contributed by atoms with van der Waals surface area (Å²) in [6.45, 7) is 0. The van der Waals surface area contributed by atoms with E-state index in [2.05, 4.69) is 44.6 Å². The van der Waals surface area contributed by atoms with E-state index in [1.54, 1.807) is 11.0 Å². The van der Waals surface area contributed by atoms with Gasteiger partial charge in [0, 0.05) is 17.7 Å². The van der Waals surface area contributed by atoms with Gasteiger partial charge in [0.25, 0.3) is 0 Å². The van der Waals surface area contributed by atoms with Crippen LogP contribution in [0.25, 0.3) is 11.0 Å². The van der Waals surface area contributed by atoms with Gasteiger partial charge in [0.1, 0.15) is 12.1 Å². The lowest BCUT2D eigenvalue weighted by atomic mass is 10.0. The Labute approximate surface area is 126 Å². The fourth-order valence-electron chi connectivity index (χ4n) is 2.73. The lowest BCUT2D eigenvalue weighted by molar-refractivity contribution is 0.725. The molecule has 0 bridgehead atoms. The van der Waals surface area contributed by atoms with Crippen molar-refractivity contribution in [3.63, 3.8) is 0 Å². The SMILES string of the molecule is Cn1ncc2c(N[C@H]3CCSc4ccccc43)ncnc21. The molecule has 0 amide bonds. The van der Waals surface area contributed by atoms with E-state index in [1.165, 1.54) is 10.5 Å². The van der Waals surface area contributed by atoms with Gasteiger partial charge in [-0.05, 0) is 18.1 Å². The number of anilines is 1. The second-order valence-corrected chi connectivity index (χ2v) is 6.24. The third-order valence-electron chi connectivity index (χ3n) is 3.80. The minimum Gasteiger partial charge on any atom is -0.362 e. The van der Waals surface area contributed by atoms with Crippen LogP contribution in [0.5, 0.6) is 0 Å². The minimum atomic E-state index is 0.292. The summed E-state index contributed by atoms with van der Waals surface area (Å²) in [6, 6.07) is 8.87. The van der Waals surface area contributed by atoms with E-state index in [0.717, 1.165) is 29.0 Å². The van der Waals surface area contributed by atoms with Crippen LogP contribution >= 0.6 is 11.8 Å². The van der Waals surface area contributed by atoms with E-state index >= 15 is 0 Å². The Morgan fingerprint density at radius 3 is 3.14 bits per heavy atom. The third-order valence-corrected chi connectivity index (χ3v) is 4.92. The van der Waals surface area contributed by atoms with Crippen LogP contribution in [-0.4, -0.2) is 25.5 Å². The van der Waals surface area contributed by atoms with Crippen LogP contribution in [0.3, 0.4) is 0 Å². The second-order valence-electron chi connectivity index (χ2n) is 5.10. The van der Waals surface area contributed by atoms with Crippen molar-refractivity contribution in [1.82, 2.24) is 19.7 Å². The van der Waals surface area contributed by atoms with Crippen molar-refractivity contribution in [1.29, 1.82) is 0 Å². The average Bonchev–Trinajstić information content (AvgIpc) is 2.90.